The zero-order valence-corrected chi connectivity index (χ0v) is 12.0. The van der Waals surface area contributed by atoms with E-state index in [9.17, 15) is 0 Å². The summed E-state index contributed by atoms with van der Waals surface area (Å²) in [6.07, 6.45) is 0.966. The fraction of sp³-hybridized carbons (Fsp3) is 0.500. The number of benzene rings is 1. The second kappa shape index (κ2) is 5.93. The minimum Gasteiger partial charge on any atom is -0.308 e. The normalized spacial score (nSPS) is 11.2. The maximum Gasteiger partial charge on any atom is 0.170 e. The van der Waals surface area contributed by atoms with Gasteiger partial charge in [0.15, 0.2) is 5.82 Å². The largest absolute Gasteiger partial charge is 0.308 e. The van der Waals surface area contributed by atoms with Crippen LogP contribution in [0.15, 0.2) is 18.2 Å². The molecular formula is C14H21N5. The summed E-state index contributed by atoms with van der Waals surface area (Å²) in [5.41, 5.74) is 3.56. The van der Waals surface area contributed by atoms with Crippen LogP contribution in [-0.2, 0) is 13.0 Å². The van der Waals surface area contributed by atoms with Crippen LogP contribution in [0.25, 0.3) is 5.69 Å². The third-order valence-electron chi connectivity index (χ3n) is 3.12. The highest BCUT2D eigenvalue weighted by molar-refractivity contribution is 5.47. The van der Waals surface area contributed by atoms with Gasteiger partial charge in [-0.1, -0.05) is 39.0 Å². The van der Waals surface area contributed by atoms with E-state index in [4.69, 9.17) is 0 Å². The molecule has 1 aromatic carbocycles. The Labute approximate surface area is 114 Å². The first-order chi connectivity index (χ1) is 9.13. The quantitative estimate of drug-likeness (QED) is 0.892. The van der Waals surface area contributed by atoms with Gasteiger partial charge in [-0.25, -0.2) is 0 Å². The number of rotatable bonds is 5. The van der Waals surface area contributed by atoms with Gasteiger partial charge in [-0.3, -0.25) is 0 Å². The predicted octanol–water partition coefficient (Wildman–Crippen LogP) is 2.03. The number of nitrogens with one attached hydrogen (secondary N) is 1. The van der Waals surface area contributed by atoms with Gasteiger partial charge in [0.05, 0.1) is 12.2 Å². The molecule has 0 aliphatic rings. The van der Waals surface area contributed by atoms with Crippen LogP contribution in [0.4, 0.5) is 0 Å². The maximum absolute atomic E-state index is 4.15. The number of aryl methyl sites for hydroxylation is 2. The van der Waals surface area contributed by atoms with Gasteiger partial charge in [0, 0.05) is 6.04 Å². The highest BCUT2D eigenvalue weighted by Crippen LogP contribution is 2.19. The molecule has 0 aliphatic heterocycles. The standard InChI is InChI=1S/C14H21N5/c1-5-12-8-6-7-11(4)14(12)19-13(16-17-18-19)9-15-10(2)3/h6-8,10,15H,5,9H2,1-4H3. The first-order valence-electron chi connectivity index (χ1n) is 6.73. The van der Waals surface area contributed by atoms with Crippen molar-refractivity contribution in [2.45, 2.75) is 46.7 Å². The van der Waals surface area contributed by atoms with E-state index in [1.165, 1.54) is 11.1 Å². The fourth-order valence-electron chi connectivity index (χ4n) is 2.09. The third kappa shape index (κ3) is 2.98. The van der Waals surface area contributed by atoms with E-state index in [0.29, 0.717) is 12.6 Å². The van der Waals surface area contributed by atoms with Crippen LogP contribution in [0.3, 0.4) is 0 Å². The first-order valence-corrected chi connectivity index (χ1v) is 6.73. The topological polar surface area (TPSA) is 55.6 Å². The number of para-hydroxylation sites is 1. The van der Waals surface area contributed by atoms with Gasteiger partial charge < -0.3 is 5.32 Å². The van der Waals surface area contributed by atoms with E-state index in [1.807, 2.05) is 4.68 Å². The molecule has 2 aromatic rings. The summed E-state index contributed by atoms with van der Waals surface area (Å²) in [7, 11) is 0. The molecule has 0 saturated heterocycles. The number of nitrogens with zero attached hydrogens (tertiary/aromatic N) is 4. The average molecular weight is 259 g/mol. The molecule has 2 rings (SSSR count). The summed E-state index contributed by atoms with van der Waals surface area (Å²) in [6, 6.07) is 6.71. The van der Waals surface area contributed by atoms with Gasteiger partial charge in [0.25, 0.3) is 0 Å². The Balaban J connectivity index is 2.40. The summed E-state index contributed by atoms with van der Waals surface area (Å²) in [5.74, 6) is 0.845. The molecule has 5 heteroatoms. The van der Waals surface area contributed by atoms with E-state index in [-0.39, 0.29) is 0 Å². The molecule has 0 spiro atoms. The smallest absolute Gasteiger partial charge is 0.170 e. The molecule has 0 saturated carbocycles. The van der Waals surface area contributed by atoms with Crippen LogP contribution in [0.5, 0.6) is 0 Å². The van der Waals surface area contributed by atoms with Gasteiger partial charge in [-0.2, -0.15) is 4.68 Å². The number of hydrogen-bond acceptors (Lipinski definition) is 4. The molecule has 0 amide bonds. The van der Waals surface area contributed by atoms with Crippen LogP contribution < -0.4 is 5.32 Å². The maximum atomic E-state index is 4.15. The molecule has 1 aromatic heterocycles. The lowest BCUT2D eigenvalue weighted by Gasteiger charge is -2.13. The van der Waals surface area contributed by atoms with E-state index < -0.39 is 0 Å². The van der Waals surface area contributed by atoms with Gasteiger partial charge in [0.2, 0.25) is 0 Å². The lowest BCUT2D eigenvalue weighted by Crippen LogP contribution is -2.24. The Hall–Kier alpha value is -1.75. The molecule has 0 radical (unpaired) electrons. The summed E-state index contributed by atoms with van der Waals surface area (Å²) in [5, 5.41) is 15.4. The van der Waals surface area contributed by atoms with Crippen LogP contribution in [0.1, 0.15) is 37.7 Å². The third-order valence-corrected chi connectivity index (χ3v) is 3.12. The second-order valence-electron chi connectivity index (χ2n) is 4.98. The highest BCUT2D eigenvalue weighted by Gasteiger charge is 2.13. The van der Waals surface area contributed by atoms with Crippen LogP contribution in [0, 0.1) is 6.92 Å². The van der Waals surface area contributed by atoms with E-state index >= 15 is 0 Å². The SMILES string of the molecule is CCc1cccc(C)c1-n1nnnc1CNC(C)C. The van der Waals surface area contributed by atoms with Crippen molar-refractivity contribution in [2.24, 2.45) is 0 Å². The molecule has 1 heterocycles. The molecule has 0 fully saturated rings. The lowest BCUT2D eigenvalue weighted by atomic mass is 10.1. The number of tetrazole rings is 1. The Morgan fingerprint density at radius 2 is 2.11 bits per heavy atom. The molecule has 0 atom stereocenters. The molecule has 19 heavy (non-hydrogen) atoms. The van der Waals surface area contributed by atoms with Crippen LogP contribution in [-0.4, -0.2) is 26.2 Å². The monoisotopic (exact) mass is 259 g/mol. The van der Waals surface area contributed by atoms with Crippen molar-refractivity contribution in [1.82, 2.24) is 25.5 Å². The first kappa shape index (κ1) is 13.7. The minimum absolute atomic E-state index is 0.410. The van der Waals surface area contributed by atoms with Gasteiger partial charge in [-0.15, -0.1) is 5.10 Å². The van der Waals surface area contributed by atoms with Crippen molar-refractivity contribution in [2.75, 3.05) is 0 Å². The lowest BCUT2D eigenvalue weighted by molar-refractivity contribution is 0.562. The summed E-state index contributed by atoms with van der Waals surface area (Å²) in [4.78, 5) is 0. The number of hydrogen-bond donors (Lipinski definition) is 1. The molecular weight excluding hydrogens is 238 g/mol. The second-order valence-corrected chi connectivity index (χ2v) is 4.98. The van der Waals surface area contributed by atoms with E-state index in [1.54, 1.807) is 0 Å². The van der Waals surface area contributed by atoms with Crippen molar-refractivity contribution in [3.05, 3.63) is 35.2 Å². The molecule has 0 aliphatic carbocycles. The Morgan fingerprint density at radius 1 is 1.32 bits per heavy atom. The van der Waals surface area contributed by atoms with Crippen LogP contribution >= 0.6 is 0 Å². The average Bonchev–Trinajstić information content (AvgIpc) is 2.83. The highest BCUT2D eigenvalue weighted by atomic mass is 15.5. The van der Waals surface area contributed by atoms with Crippen molar-refractivity contribution in [3.63, 3.8) is 0 Å². The van der Waals surface area contributed by atoms with Crippen molar-refractivity contribution in [1.29, 1.82) is 0 Å². The minimum atomic E-state index is 0.410. The molecule has 102 valence electrons. The van der Waals surface area contributed by atoms with Crippen molar-refractivity contribution >= 4 is 0 Å². The molecule has 1 N–H and O–H groups in total. The summed E-state index contributed by atoms with van der Waals surface area (Å²) in [6.45, 7) is 9.13. The van der Waals surface area contributed by atoms with Crippen molar-refractivity contribution < 1.29 is 0 Å². The van der Waals surface area contributed by atoms with E-state index in [2.05, 4.69) is 66.7 Å². The fourth-order valence-corrected chi connectivity index (χ4v) is 2.09. The zero-order chi connectivity index (χ0) is 13.8. The van der Waals surface area contributed by atoms with Gasteiger partial charge in [-0.05, 0) is 34.9 Å². The zero-order valence-electron chi connectivity index (χ0n) is 12.0. The Morgan fingerprint density at radius 3 is 2.79 bits per heavy atom. The Bertz CT molecular complexity index is 545. The Kier molecular flexibility index (Phi) is 4.27. The van der Waals surface area contributed by atoms with E-state index in [0.717, 1.165) is 17.9 Å². The van der Waals surface area contributed by atoms with Gasteiger partial charge >= 0.3 is 0 Å². The molecule has 5 nitrogen and oxygen atoms in total. The predicted molar refractivity (Wildman–Crippen MR) is 75.2 cm³/mol. The van der Waals surface area contributed by atoms with Crippen LogP contribution in [0.2, 0.25) is 0 Å². The molecule has 0 bridgehead atoms. The van der Waals surface area contributed by atoms with Gasteiger partial charge in [0.1, 0.15) is 0 Å². The summed E-state index contributed by atoms with van der Waals surface area (Å²) < 4.78 is 1.85. The molecule has 0 unspecified atom stereocenters. The number of aromatic nitrogens is 4. The summed E-state index contributed by atoms with van der Waals surface area (Å²) >= 11 is 0. The van der Waals surface area contributed by atoms with Crippen molar-refractivity contribution in [3.8, 4) is 5.69 Å².